The highest BCUT2D eigenvalue weighted by Gasteiger charge is 2.22. The number of carbonyl (C=O) groups excluding carboxylic acids is 1. The average Bonchev–Trinajstić information content (AvgIpc) is 2.67. The Hall–Kier alpha value is -1.51. The third-order valence-electron chi connectivity index (χ3n) is 4.60. The van der Waals surface area contributed by atoms with Crippen LogP contribution in [-0.4, -0.2) is 56.1 Å². The molecule has 0 spiro atoms. The van der Waals surface area contributed by atoms with Crippen LogP contribution in [0.4, 0.5) is 0 Å². The smallest absolute Gasteiger partial charge is 0.224 e. The number of rotatable bonds is 8. The van der Waals surface area contributed by atoms with E-state index in [9.17, 15) is 4.79 Å². The lowest BCUT2D eigenvalue weighted by atomic mass is 10.0. The molecule has 0 saturated carbocycles. The van der Waals surface area contributed by atoms with Gasteiger partial charge in [-0.2, -0.15) is 0 Å². The number of nitrogens with one attached hydrogen (secondary N) is 2. The minimum atomic E-state index is 0. The van der Waals surface area contributed by atoms with Gasteiger partial charge in [-0.1, -0.05) is 18.2 Å². The zero-order valence-electron chi connectivity index (χ0n) is 16.4. The highest BCUT2D eigenvalue weighted by atomic mass is 127. The van der Waals surface area contributed by atoms with Crippen molar-refractivity contribution >= 4 is 35.8 Å². The summed E-state index contributed by atoms with van der Waals surface area (Å²) in [6.07, 6.45) is 4.85. The number of hydrogen-bond acceptors (Lipinski definition) is 3. The van der Waals surface area contributed by atoms with E-state index >= 15 is 0 Å². The van der Waals surface area contributed by atoms with Gasteiger partial charge in [0, 0.05) is 39.1 Å². The van der Waals surface area contributed by atoms with Crippen LogP contribution in [0, 0.1) is 0 Å². The van der Waals surface area contributed by atoms with Gasteiger partial charge in [0.15, 0.2) is 5.96 Å². The molecule has 0 aliphatic carbocycles. The van der Waals surface area contributed by atoms with Crippen LogP contribution < -0.4 is 15.4 Å². The van der Waals surface area contributed by atoms with Crippen LogP contribution >= 0.6 is 24.0 Å². The van der Waals surface area contributed by atoms with Crippen LogP contribution in [0.1, 0.15) is 39.0 Å². The molecule has 1 unspecified atom stereocenters. The highest BCUT2D eigenvalue weighted by Crippen LogP contribution is 2.16. The third kappa shape index (κ3) is 8.81. The van der Waals surface area contributed by atoms with Gasteiger partial charge < -0.3 is 20.3 Å². The lowest BCUT2D eigenvalue weighted by Gasteiger charge is -2.33. The maximum absolute atomic E-state index is 12.3. The first-order valence-electron chi connectivity index (χ1n) is 9.62. The van der Waals surface area contributed by atoms with Gasteiger partial charge in [0.05, 0.1) is 6.61 Å². The molecule has 1 aromatic rings. The Morgan fingerprint density at radius 2 is 1.96 bits per heavy atom. The second-order valence-electron chi connectivity index (χ2n) is 6.62. The van der Waals surface area contributed by atoms with E-state index in [1.54, 1.807) is 7.05 Å². The molecule has 1 aromatic carbocycles. The predicted octanol–water partition coefficient (Wildman–Crippen LogP) is 3.03. The second kappa shape index (κ2) is 13.6. The van der Waals surface area contributed by atoms with E-state index in [1.807, 2.05) is 35.2 Å². The molecule has 1 atom stereocenters. The van der Waals surface area contributed by atoms with E-state index in [4.69, 9.17) is 4.74 Å². The van der Waals surface area contributed by atoms with Crippen molar-refractivity contribution in [3.63, 3.8) is 0 Å². The Bertz CT molecular complexity index is 568. The molecular weight excluding hydrogens is 455 g/mol. The highest BCUT2D eigenvalue weighted by molar-refractivity contribution is 14.0. The number of likely N-dealkylation sites (tertiary alicyclic amines) is 1. The van der Waals surface area contributed by atoms with Crippen molar-refractivity contribution in [3.05, 3.63) is 30.3 Å². The lowest BCUT2D eigenvalue weighted by molar-refractivity contribution is -0.134. The van der Waals surface area contributed by atoms with Crippen LogP contribution in [0.5, 0.6) is 5.75 Å². The van der Waals surface area contributed by atoms with Crippen molar-refractivity contribution in [1.29, 1.82) is 0 Å². The molecule has 1 aliphatic heterocycles. The number of carbonyl (C=O) groups is 1. The van der Waals surface area contributed by atoms with E-state index in [0.717, 1.165) is 44.1 Å². The summed E-state index contributed by atoms with van der Waals surface area (Å²) in [4.78, 5) is 18.5. The van der Waals surface area contributed by atoms with Crippen molar-refractivity contribution in [2.45, 2.75) is 45.1 Å². The van der Waals surface area contributed by atoms with Gasteiger partial charge in [-0.15, -0.1) is 24.0 Å². The number of guanidine groups is 1. The van der Waals surface area contributed by atoms with Crippen molar-refractivity contribution in [1.82, 2.24) is 15.5 Å². The predicted molar refractivity (Wildman–Crippen MR) is 121 cm³/mol. The Morgan fingerprint density at radius 1 is 1.22 bits per heavy atom. The average molecular weight is 488 g/mol. The van der Waals surface area contributed by atoms with Gasteiger partial charge in [0.25, 0.3) is 0 Å². The first-order valence-corrected chi connectivity index (χ1v) is 9.62. The van der Waals surface area contributed by atoms with E-state index in [-0.39, 0.29) is 29.9 Å². The topological polar surface area (TPSA) is 66.0 Å². The minimum Gasteiger partial charge on any atom is -0.494 e. The van der Waals surface area contributed by atoms with Crippen molar-refractivity contribution < 1.29 is 9.53 Å². The van der Waals surface area contributed by atoms with E-state index in [1.165, 1.54) is 6.42 Å². The van der Waals surface area contributed by atoms with Crippen LogP contribution in [0.3, 0.4) is 0 Å². The second-order valence-corrected chi connectivity index (χ2v) is 6.62. The van der Waals surface area contributed by atoms with E-state index in [2.05, 4.69) is 22.5 Å². The monoisotopic (exact) mass is 488 g/mol. The van der Waals surface area contributed by atoms with Crippen molar-refractivity contribution in [2.75, 3.05) is 33.3 Å². The van der Waals surface area contributed by atoms with E-state index in [0.29, 0.717) is 25.6 Å². The Kier molecular flexibility index (Phi) is 11.9. The Morgan fingerprint density at radius 3 is 2.67 bits per heavy atom. The SMILES string of the molecule is CN=C(NCCCOc1ccccc1)NCCC(=O)N1CCCCC1C.I. The van der Waals surface area contributed by atoms with Crippen molar-refractivity contribution in [2.24, 2.45) is 4.99 Å². The molecule has 6 nitrogen and oxygen atoms in total. The van der Waals surface area contributed by atoms with Gasteiger partial charge in [0.1, 0.15) is 5.75 Å². The molecule has 2 rings (SSSR count). The summed E-state index contributed by atoms with van der Waals surface area (Å²) < 4.78 is 5.66. The first-order chi connectivity index (χ1) is 12.7. The Labute approximate surface area is 180 Å². The molecule has 7 heteroatoms. The lowest BCUT2D eigenvalue weighted by Crippen LogP contribution is -2.44. The van der Waals surface area contributed by atoms with Gasteiger partial charge in [-0.3, -0.25) is 9.79 Å². The maximum atomic E-state index is 12.3. The minimum absolute atomic E-state index is 0. The zero-order valence-corrected chi connectivity index (χ0v) is 18.8. The summed E-state index contributed by atoms with van der Waals surface area (Å²) in [7, 11) is 1.74. The molecule has 1 fully saturated rings. The van der Waals surface area contributed by atoms with Gasteiger partial charge in [0.2, 0.25) is 5.91 Å². The molecule has 0 bridgehead atoms. The number of amides is 1. The van der Waals surface area contributed by atoms with Crippen LogP contribution in [0.15, 0.2) is 35.3 Å². The number of piperidine rings is 1. The summed E-state index contributed by atoms with van der Waals surface area (Å²) in [6, 6.07) is 10.2. The normalized spacial score (nSPS) is 17.0. The van der Waals surface area contributed by atoms with Gasteiger partial charge >= 0.3 is 0 Å². The maximum Gasteiger partial charge on any atom is 0.224 e. The molecule has 27 heavy (non-hydrogen) atoms. The first kappa shape index (κ1) is 23.5. The summed E-state index contributed by atoms with van der Waals surface area (Å²) in [5, 5.41) is 6.47. The number of hydrogen-bond donors (Lipinski definition) is 2. The summed E-state index contributed by atoms with van der Waals surface area (Å²) in [5.74, 6) is 1.85. The van der Waals surface area contributed by atoms with Gasteiger partial charge in [-0.05, 0) is 44.7 Å². The molecule has 0 aromatic heterocycles. The number of halogens is 1. The van der Waals surface area contributed by atoms with Crippen LogP contribution in [-0.2, 0) is 4.79 Å². The number of para-hydroxylation sites is 1. The standard InChI is InChI=1S/C20H32N4O2.HI/c1-17-9-6-7-15-24(17)19(25)12-14-23-20(21-2)22-13-8-16-26-18-10-4-3-5-11-18;/h3-5,10-11,17H,6-9,12-16H2,1-2H3,(H2,21,22,23);1H. The molecule has 1 heterocycles. The van der Waals surface area contributed by atoms with Crippen LogP contribution in [0.25, 0.3) is 0 Å². The Balaban J connectivity index is 0.00000364. The summed E-state index contributed by atoms with van der Waals surface area (Å²) in [6.45, 7) is 5.06. The largest absolute Gasteiger partial charge is 0.494 e. The zero-order chi connectivity index (χ0) is 18.6. The molecule has 1 amide bonds. The summed E-state index contributed by atoms with van der Waals surface area (Å²) in [5.41, 5.74) is 0. The van der Waals surface area contributed by atoms with Crippen LogP contribution in [0.2, 0.25) is 0 Å². The number of ether oxygens (including phenoxy) is 1. The molecule has 152 valence electrons. The number of benzene rings is 1. The fraction of sp³-hybridized carbons (Fsp3) is 0.600. The third-order valence-corrected chi connectivity index (χ3v) is 4.60. The molecule has 1 saturated heterocycles. The number of aliphatic imine (C=N–C) groups is 1. The molecule has 1 aliphatic rings. The summed E-state index contributed by atoms with van der Waals surface area (Å²) >= 11 is 0. The van der Waals surface area contributed by atoms with E-state index < -0.39 is 0 Å². The van der Waals surface area contributed by atoms with Crippen molar-refractivity contribution in [3.8, 4) is 5.75 Å². The molecule has 0 radical (unpaired) electrons. The molecule has 2 N–H and O–H groups in total. The number of nitrogens with zero attached hydrogens (tertiary/aromatic N) is 2. The fourth-order valence-corrected chi connectivity index (χ4v) is 3.11. The quantitative estimate of drug-likeness (QED) is 0.256. The molecular formula is C20H33IN4O2. The van der Waals surface area contributed by atoms with Gasteiger partial charge in [-0.25, -0.2) is 0 Å². The fourth-order valence-electron chi connectivity index (χ4n) is 3.11.